The number of rotatable bonds is 8. The zero-order valence-corrected chi connectivity index (χ0v) is 14.4. The van der Waals surface area contributed by atoms with Crippen LogP contribution in [0.25, 0.3) is 0 Å². The molecule has 2 N–H and O–H groups in total. The fourth-order valence-corrected chi connectivity index (χ4v) is 3.35. The molecule has 0 bridgehead atoms. The Bertz CT molecular complexity index is 667. The third kappa shape index (κ3) is 5.29. The number of primary amides is 1. The van der Waals surface area contributed by atoms with Crippen molar-refractivity contribution in [2.75, 3.05) is 6.54 Å². The average Bonchev–Trinajstić information content (AvgIpc) is 3.16. The summed E-state index contributed by atoms with van der Waals surface area (Å²) in [5.41, 5.74) is 7.50. The van der Waals surface area contributed by atoms with Crippen LogP contribution in [0.5, 0.6) is 5.75 Å². The molecule has 1 saturated carbocycles. The molecule has 5 heteroatoms. The molecule has 25 heavy (non-hydrogen) atoms. The van der Waals surface area contributed by atoms with Gasteiger partial charge in [-0.15, -0.1) is 0 Å². The van der Waals surface area contributed by atoms with Crippen LogP contribution < -0.4 is 10.5 Å². The molecule has 1 aliphatic rings. The van der Waals surface area contributed by atoms with Crippen LogP contribution in [0.4, 0.5) is 0 Å². The molecule has 2 aromatic rings. The predicted molar refractivity (Wildman–Crippen MR) is 96.9 cm³/mol. The molecule has 0 saturated heterocycles. The number of nitrogens with zero attached hydrogens (tertiary/aromatic N) is 2. The van der Waals surface area contributed by atoms with Gasteiger partial charge in [-0.25, -0.2) is 0 Å². The van der Waals surface area contributed by atoms with E-state index >= 15 is 0 Å². The van der Waals surface area contributed by atoms with E-state index in [2.05, 4.69) is 22.0 Å². The lowest BCUT2D eigenvalue weighted by Gasteiger charge is -2.27. The highest BCUT2D eigenvalue weighted by Gasteiger charge is 2.23. The van der Waals surface area contributed by atoms with E-state index in [9.17, 15) is 4.79 Å². The summed E-state index contributed by atoms with van der Waals surface area (Å²) in [7, 11) is 0. The van der Waals surface area contributed by atoms with E-state index in [4.69, 9.17) is 10.5 Å². The van der Waals surface area contributed by atoms with E-state index in [0.717, 1.165) is 30.8 Å². The van der Waals surface area contributed by atoms with E-state index in [1.165, 1.54) is 18.4 Å². The summed E-state index contributed by atoms with van der Waals surface area (Å²) >= 11 is 0. The minimum atomic E-state index is -0.262. The molecule has 1 aliphatic carbocycles. The van der Waals surface area contributed by atoms with Crippen LogP contribution in [0.3, 0.4) is 0 Å². The number of nitrogens with two attached hydrogens (primary N) is 1. The van der Waals surface area contributed by atoms with Crippen LogP contribution in [0.2, 0.25) is 0 Å². The highest BCUT2D eigenvalue weighted by Crippen LogP contribution is 2.25. The number of ether oxygens (including phenoxy) is 1. The normalized spacial score (nSPS) is 14.8. The SMILES string of the molecule is NC(=O)CN(Cc1ccc(OCc2ccccn2)cc1)C1CCCC1. The van der Waals surface area contributed by atoms with Gasteiger partial charge in [0.15, 0.2) is 0 Å². The van der Waals surface area contributed by atoms with Gasteiger partial charge in [0.2, 0.25) is 5.91 Å². The Morgan fingerprint density at radius 1 is 1.16 bits per heavy atom. The second kappa shape index (κ2) is 8.62. The fourth-order valence-electron chi connectivity index (χ4n) is 3.35. The largest absolute Gasteiger partial charge is 0.487 e. The van der Waals surface area contributed by atoms with Crippen molar-refractivity contribution >= 4 is 5.91 Å². The summed E-state index contributed by atoms with van der Waals surface area (Å²) in [4.78, 5) is 17.8. The highest BCUT2D eigenvalue weighted by atomic mass is 16.5. The molecule has 0 atom stereocenters. The summed E-state index contributed by atoms with van der Waals surface area (Å²) < 4.78 is 5.77. The molecule has 0 unspecified atom stereocenters. The van der Waals surface area contributed by atoms with Gasteiger partial charge in [-0.1, -0.05) is 31.0 Å². The van der Waals surface area contributed by atoms with Crippen LogP contribution in [0.1, 0.15) is 36.9 Å². The smallest absolute Gasteiger partial charge is 0.231 e. The maximum atomic E-state index is 11.4. The quantitative estimate of drug-likeness (QED) is 0.803. The molecule has 5 nitrogen and oxygen atoms in total. The van der Waals surface area contributed by atoms with E-state index < -0.39 is 0 Å². The minimum absolute atomic E-state index is 0.262. The van der Waals surface area contributed by atoms with Crippen molar-refractivity contribution in [3.05, 3.63) is 59.9 Å². The van der Waals surface area contributed by atoms with Gasteiger partial charge in [-0.3, -0.25) is 14.7 Å². The molecular formula is C20H25N3O2. The van der Waals surface area contributed by atoms with Crippen molar-refractivity contribution < 1.29 is 9.53 Å². The molecule has 0 spiro atoms. The Labute approximate surface area is 148 Å². The van der Waals surface area contributed by atoms with Crippen molar-refractivity contribution in [1.82, 2.24) is 9.88 Å². The van der Waals surface area contributed by atoms with E-state index in [1.54, 1.807) is 6.20 Å². The zero-order valence-electron chi connectivity index (χ0n) is 14.4. The summed E-state index contributed by atoms with van der Waals surface area (Å²) in [5.74, 6) is 0.555. The van der Waals surface area contributed by atoms with Crippen LogP contribution >= 0.6 is 0 Å². The lowest BCUT2D eigenvalue weighted by molar-refractivity contribution is -0.119. The van der Waals surface area contributed by atoms with E-state index in [1.807, 2.05) is 30.3 Å². The van der Waals surface area contributed by atoms with Gasteiger partial charge in [-0.2, -0.15) is 0 Å². The molecule has 1 aromatic carbocycles. The topological polar surface area (TPSA) is 68.5 Å². The first-order chi connectivity index (χ1) is 12.2. The maximum Gasteiger partial charge on any atom is 0.231 e. The number of carbonyl (C=O) groups is 1. The number of benzene rings is 1. The Kier molecular flexibility index (Phi) is 6.01. The van der Waals surface area contributed by atoms with Crippen molar-refractivity contribution in [2.45, 2.75) is 44.9 Å². The zero-order chi connectivity index (χ0) is 17.5. The first-order valence-electron chi connectivity index (χ1n) is 8.85. The van der Waals surface area contributed by atoms with Gasteiger partial charge < -0.3 is 10.5 Å². The van der Waals surface area contributed by atoms with Gasteiger partial charge in [0.05, 0.1) is 12.2 Å². The molecular weight excluding hydrogens is 314 g/mol. The second-order valence-corrected chi connectivity index (χ2v) is 6.56. The lowest BCUT2D eigenvalue weighted by atomic mass is 10.1. The van der Waals surface area contributed by atoms with E-state index in [-0.39, 0.29) is 5.91 Å². The molecule has 1 aromatic heterocycles. The first kappa shape index (κ1) is 17.4. The number of aromatic nitrogens is 1. The molecule has 1 amide bonds. The first-order valence-corrected chi connectivity index (χ1v) is 8.85. The standard InChI is InChI=1S/C20H25N3O2/c21-20(24)14-23(18-6-1-2-7-18)13-16-8-10-19(11-9-16)25-15-17-5-3-4-12-22-17/h3-5,8-12,18H,1-2,6-7,13-15H2,(H2,21,24). The minimum Gasteiger partial charge on any atom is -0.487 e. The van der Waals surface area contributed by atoms with Gasteiger partial charge in [0.1, 0.15) is 12.4 Å². The summed E-state index contributed by atoms with van der Waals surface area (Å²) in [6.45, 7) is 1.52. The Morgan fingerprint density at radius 2 is 1.92 bits per heavy atom. The molecule has 0 radical (unpaired) electrons. The Hall–Kier alpha value is -2.40. The third-order valence-corrected chi connectivity index (χ3v) is 4.62. The summed E-state index contributed by atoms with van der Waals surface area (Å²) in [6.07, 6.45) is 6.54. The van der Waals surface area contributed by atoms with Crippen LogP contribution in [-0.2, 0) is 17.9 Å². The molecule has 132 valence electrons. The molecule has 1 heterocycles. The summed E-state index contributed by atoms with van der Waals surface area (Å²) in [5, 5.41) is 0. The Morgan fingerprint density at radius 3 is 2.56 bits per heavy atom. The average molecular weight is 339 g/mol. The molecule has 3 rings (SSSR count). The number of hydrogen-bond acceptors (Lipinski definition) is 4. The number of amides is 1. The number of carbonyl (C=O) groups excluding carboxylic acids is 1. The number of pyridine rings is 1. The van der Waals surface area contributed by atoms with Crippen LogP contribution in [0, 0.1) is 0 Å². The Balaban J connectivity index is 1.57. The number of hydrogen-bond donors (Lipinski definition) is 1. The predicted octanol–water partition coefficient (Wildman–Crippen LogP) is 2.89. The van der Waals surface area contributed by atoms with Gasteiger partial charge >= 0.3 is 0 Å². The van der Waals surface area contributed by atoms with Gasteiger partial charge in [0.25, 0.3) is 0 Å². The molecule has 1 fully saturated rings. The van der Waals surface area contributed by atoms with Gasteiger partial charge in [-0.05, 0) is 42.7 Å². The summed E-state index contributed by atoms with van der Waals surface area (Å²) in [6, 6.07) is 14.3. The van der Waals surface area contributed by atoms with Gasteiger partial charge in [0, 0.05) is 18.8 Å². The van der Waals surface area contributed by atoms with Crippen LogP contribution in [-0.4, -0.2) is 28.4 Å². The van der Waals surface area contributed by atoms with Crippen molar-refractivity contribution in [3.63, 3.8) is 0 Å². The molecule has 0 aliphatic heterocycles. The van der Waals surface area contributed by atoms with Crippen LogP contribution in [0.15, 0.2) is 48.7 Å². The van der Waals surface area contributed by atoms with E-state index in [0.29, 0.717) is 19.2 Å². The van der Waals surface area contributed by atoms with Crippen molar-refractivity contribution in [1.29, 1.82) is 0 Å². The second-order valence-electron chi connectivity index (χ2n) is 6.56. The third-order valence-electron chi connectivity index (χ3n) is 4.62. The maximum absolute atomic E-state index is 11.4. The van der Waals surface area contributed by atoms with Crippen molar-refractivity contribution in [2.24, 2.45) is 5.73 Å². The van der Waals surface area contributed by atoms with Crippen molar-refractivity contribution in [3.8, 4) is 5.75 Å². The highest BCUT2D eigenvalue weighted by molar-refractivity contribution is 5.76. The monoisotopic (exact) mass is 339 g/mol. The fraction of sp³-hybridized carbons (Fsp3) is 0.400. The lowest BCUT2D eigenvalue weighted by Crippen LogP contribution is -2.39.